The van der Waals surface area contributed by atoms with Gasteiger partial charge in [0.2, 0.25) is 0 Å². The van der Waals surface area contributed by atoms with Crippen molar-refractivity contribution in [1.29, 1.82) is 0 Å². The Morgan fingerprint density at radius 2 is 1.92 bits per heavy atom. The Morgan fingerprint density at radius 3 is 2.64 bits per heavy atom. The summed E-state index contributed by atoms with van der Waals surface area (Å²) in [6.07, 6.45) is 2.93. The van der Waals surface area contributed by atoms with Crippen molar-refractivity contribution in [3.05, 3.63) is 62.6 Å². The fourth-order valence-electron chi connectivity index (χ4n) is 2.79. The van der Waals surface area contributed by atoms with Gasteiger partial charge in [-0.1, -0.05) is 0 Å². The van der Waals surface area contributed by atoms with Crippen LogP contribution in [0.25, 0.3) is 16.7 Å². The van der Waals surface area contributed by atoms with Gasteiger partial charge in [0.1, 0.15) is 22.4 Å². The second-order valence-corrected chi connectivity index (χ2v) is 6.19. The number of hydrogen-bond acceptors (Lipinski definition) is 7. The van der Waals surface area contributed by atoms with E-state index in [1.807, 2.05) is 13.8 Å². The Bertz CT molecular complexity index is 1110. The van der Waals surface area contributed by atoms with Gasteiger partial charge in [-0.15, -0.1) is 0 Å². The average Bonchev–Trinajstić information content (AvgIpc) is 2.99. The molecule has 9 nitrogen and oxygen atoms in total. The largest absolute Gasteiger partial charge is 0.483 e. The van der Waals surface area contributed by atoms with Gasteiger partial charge >= 0.3 is 0 Å². The van der Waals surface area contributed by atoms with Gasteiger partial charge in [-0.2, -0.15) is 0 Å². The second kappa shape index (κ2) is 5.00. The molecule has 9 heteroatoms. The Labute approximate surface area is 140 Å². The summed E-state index contributed by atoms with van der Waals surface area (Å²) in [5, 5.41) is 18.7. The highest BCUT2D eigenvalue weighted by Gasteiger charge is 2.29. The fourth-order valence-corrected chi connectivity index (χ4v) is 2.79. The first-order valence-electron chi connectivity index (χ1n) is 7.40. The topological polar surface area (TPSA) is 113 Å². The number of nitro groups is 1. The molecule has 3 aromatic rings. The Kier molecular flexibility index (Phi) is 3.01. The number of fused-ring (bicyclic) bond motifs is 2. The number of hydrogen-bond donors (Lipinski definition) is 0. The molecule has 126 valence electrons. The summed E-state index contributed by atoms with van der Waals surface area (Å²) in [6, 6.07) is 5.68. The summed E-state index contributed by atoms with van der Waals surface area (Å²) in [5.74, 6) is 0.490. The van der Waals surface area contributed by atoms with E-state index in [1.165, 1.54) is 16.8 Å². The average molecular weight is 340 g/mol. The molecule has 1 aromatic carbocycles. The molecule has 0 unspecified atom stereocenters. The van der Waals surface area contributed by atoms with Crippen molar-refractivity contribution in [3.8, 4) is 5.75 Å². The molecule has 3 heterocycles. The van der Waals surface area contributed by atoms with E-state index in [0.717, 1.165) is 6.07 Å². The van der Waals surface area contributed by atoms with Crippen LogP contribution in [0.1, 0.15) is 19.4 Å². The fraction of sp³-hybridized carbons (Fsp3) is 0.188. The molecule has 2 aromatic heterocycles. The molecular formula is C16H12N4O5. The SMILES string of the molecule is CC1(C)C=C(n2cc([N+](=O)[O-])ccc2=O)c2cc3nonc3cc2O1. The van der Waals surface area contributed by atoms with E-state index in [2.05, 4.69) is 10.3 Å². The summed E-state index contributed by atoms with van der Waals surface area (Å²) in [7, 11) is 0. The van der Waals surface area contributed by atoms with Crippen LogP contribution < -0.4 is 10.3 Å². The summed E-state index contributed by atoms with van der Waals surface area (Å²) < 4.78 is 11.9. The minimum Gasteiger partial charge on any atom is -0.483 e. The smallest absolute Gasteiger partial charge is 0.286 e. The van der Waals surface area contributed by atoms with Crippen LogP contribution >= 0.6 is 0 Å². The molecule has 0 radical (unpaired) electrons. The lowest BCUT2D eigenvalue weighted by atomic mass is 9.98. The molecule has 1 aliphatic rings. The first-order valence-corrected chi connectivity index (χ1v) is 7.40. The first kappa shape index (κ1) is 15.1. The minimum atomic E-state index is -0.725. The van der Waals surface area contributed by atoms with Crippen LogP contribution in [0.15, 0.2) is 46.0 Å². The first-order chi connectivity index (χ1) is 11.8. The van der Waals surface area contributed by atoms with E-state index in [1.54, 1.807) is 18.2 Å². The number of aromatic nitrogens is 3. The molecule has 0 atom stereocenters. The molecule has 0 saturated heterocycles. The van der Waals surface area contributed by atoms with Crippen LogP contribution in [0.2, 0.25) is 0 Å². The van der Waals surface area contributed by atoms with Crippen LogP contribution in [-0.2, 0) is 0 Å². The summed E-state index contributed by atoms with van der Waals surface area (Å²) in [5.41, 5.74) is 0.759. The summed E-state index contributed by atoms with van der Waals surface area (Å²) in [4.78, 5) is 22.9. The van der Waals surface area contributed by atoms with E-state index in [4.69, 9.17) is 9.37 Å². The lowest BCUT2D eigenvalue weighted by Crippen LogP contribution is -2.32. The molecule has 1 aliphatic heterocycles. The van der Waals surface area contributed by atoms with Crippen molar-refractivity contribution >= 4 is 22.4 Å². The molecule has 0 fully saturated rings. The van der Waals surface area contributed by atoms with Crippen molar-refractivity contribution in [2.24, 2.45) is 0 Å². The molecule has 4 rings (SSSR count). The van der Waals surface area contributed by atoms with Gasteiger partial charge in [0, 0.05) is 23.8 Å². The summed E-state index contributed by atoms with van der Waals surface area (Å²) in [6.45, 7) is 3.65. The Morgan fingerprint density at radius 1 is 1.20 bits per heavy atom. The maximum Gasteiger partial charge on any atom is 0.286 e. The van der Waals surface area contributed by atoms with E-state index < -0.39 is 10.5 Å². The maximum atomic E-state index is 12.3. The van der Waals surface area contributed by atoms with E-state index in [9.17, 15) is 14.9 Å². The van der Waals surface area contributed by atoms with Gasteiger partial charge < -0.3 is 4.74 Å². The van der Waals surface area contributed by atoms with Gasteiger partial charge in [-0.25, -0.2) is 4.63 Å². The summed E-state index contributed by atoms with van der Waals surface area (Å²) >= 11 is 0. The predicted molar refractivity (Wildman–Crippen MR) is 87.2 cm³/mol. The van der Waals surface area contributed by atoms with Crippen molar-refractivity contribution in [1.82, 2.24) is 14.9 Å². The van der Waals surface area contributed by atoms with Crippen LogP contribution in [0.5, 0.6) is 5.75 Å². The lowest BCUT2D eigenvalue weighted by Gasteiger charge is -2.31. The molecule has 25 heavy (non-hydrogen) atoms. The quantitative estimate of drug-likeness (QED) is 0.519. The zero-order valence-electron chi connectivity index (χ0n) is 13.3. The molecule has 0 amide bonds. The monoisotopic (exact) mass is 340 g/mol. The van der Waals surface area contributed by atoms with Crippen LogP contribution in [0.3, 0.4) is 0 Å². The predicted octanol–water partition coefficient (Wildman–Crippen LogP) is 2.35. The molecule has 0 spiro atoms. The van der Waals surface area contributed by atoms with Gasteiger partial charge in [0.05, 0.1) is 16.8 Å². The molecule has 0 saturated carbocycles. The standard InChI is InChI=1S/C16H12N4O5/c1-16(2)7-13(19-8-9(20(22)23)3-4-15(19)21)10-5-11-12(18-25-17-11)6-14(10)24-16/h3-8H,1-2H3. The Balaban J connectivity index is 2.01. The van der Waals surface area contributed by atoms with Crippen molar-refractivity contribution in [3.63, 3.8) is 0 Å². The third kappa shape index (κ3) is 2.45. The van der Waals surface area contributed by atoms with Crippen molar-refractivity contribution in [2.75, 3.05) is 0 Å². The number of benzene rings is 1. The van der Waals surface area contributed by atoms with E-state index >= 15 is 0 Å². The molecule has 0 aliphatic carbocycles. The highest BCUT2D eigenvalue weighted by atomic mass is 16.6. The normalized spacial score (nSPS) is 15.4. The highest BCUT2D eigenvalue weighted by molar-refractivity contribution is 5.85. The zero-order valence-corrected chi connectivity index (χ0v) is 13.3. The van der Waals surface area contributed by atoms with Gasteiger partial charge in [0.25, 0.3) is 11.2 Å². The Hall–Kier alpha value is -3.49. The minimum absolute atomic E-state index is 0.185. The van der Waals surface area contributed by atoms with Gasteiger partial charge in [-0.05, 0) is 36.3 Å². The van der Waals surface area contributed by atoms with Crippen molar-refractivity contribution < 1.29 is 14.3 Å². The number of rotatable bonds is 2. The lowest BCUT2D eigenvalue weighted by molar-refractivity contribution is -0.385. The van der Waals surface area contributed by atoms with Crippen LogP contribution in [0, 0.1) is 10.1 Å². The highest BCUT2D eigenvalue weighted by Crippen LogP contribution is 2.38. The zero-order chi connectivity index (χ0) is 17.8. The third-order valence-corrected chi connectivity index (χ3v) is 3.85. The number of nitrogens with zero attached hydrogens (tertiary/aromatic N) is 4. The third-order valence-electron chi connectivity index (χ3n) is 3.85. The number of pyridine rings is 1. The van der Waals surface area contributed by atoms with Gasteiger partial charge in [0.15, 0.2) is 0 Å². The molecule has 0 bridgehead atoms. The second-order valence-electron chi connectivity index (χ2n) is 6.19. The number of ether oxygens (including phenoxy) is 1. The molecule has 0 N–H and O–H groups in total. The van der Waals surface area contributed by atoms with Crippen molar-refractivity contribution in [2.45, 2.75) is 19.4 Å². The van der Waals surface area contributed by atoms with E-state index in [-0.39, 0.29) is 11.2 Å². The maximum absolute atomic E-state index is 12.3. The van der Waals surface area contributed by atoms with Gasteiger partial charge in [-0.3, -0.25) is 19.5 Å². The van der Waals surface area contributed by atoms with Crippen LogP contribution in [-0.4, -0.2) is 25.4 Å². The van der Waals surface area contributed by atoms with Crippen LogP contribution in [0.4, 0.5) is 5.69 Å². The molecular weight excluding hydrogens is 328 g/mol. The van der Waals surface area contributed by atoms with E-state index in [0.29, 0.717) is 28.0 Å².